The van der Waals surface area contributed by atoms with Crippen molar-refractivity contribution in [3.63, 3.8) is 0 Å². The van der Waals surface area contributed by atoms with Crippen molar-refractivity contribution in [3.05, 3.63) is 0 Å². The van der Waals surface area contributed by atoms with Gasteiger partial charge >= 0.3 is 29.6 Å². The van der Waals surface area contributed by atoms with Crippen molar-refractivity contribution in [1.82, 2.24) is 5.32 Å². The molecule has 0 aliphatic carbocycles. The van der Waals surface area contributed by atoms with E-state index in [1.165, 1.54) is 51.4 Å². The van der Waals surface area contributed by atoms with Crippen LogP contribution < -0.4 is 34.9 Å². The van der Waals surface area contributed by atoms with Crippen molar-refractivity contribution in [2.75, 3.05) is 18.8 Å². The van der Waals surface area contributed by atoms with E-state index in [0.29, 0.717) is 6.54 Å². The second-order valence-corrected chi connectivity index (χ2v) is 7.61. The van der Waals surface area contributed by atoms with E-state index in [0.717, 1.165) is 19.3 Å². The Morgan fingerprint density at radius 2 is 1.43 bits per heavy atom. The Kier molecular flexibility index (Phi) is 20.0. The van der Waals surface area contributed by atoms with Gasteiger partial charge < -0.3 is 15.0 Å². The first-order valence-corrected chi connectivity index (χ1v) is 10.4. The molecule has 23 heavy (non-hydrogen) atoms. The molecule has 0 radical (unpaired) electrons. The molecule has 0 saturated carbocycles. The molecule has 0 aromatic carbocycles. The molecule has 5 nitrogen and oxygen atoms in total. The Morgan fingerprint density at radius 1 is 0.957 bits per heavy atom. The third-order valence-corrected chi connectivity index (χ3v) is 4.50. The summed E-state index contributed by atoms with van der Waals surface area (Å²) in [6.07, 6.45) is 12.9. The summed E-state index contributed by atoms with van der Waals surface area (Å²) >= 11 is 0. The van der Waals surface area contributed by atoms with Crippen LogP contribution in [0.2, 0.25) is 0 Å². The summed E-state index contributed by atoms with van der Waals surface area (Å²) in [6, 6.07) is 0. The van der Waals surface area contributed by atoms with Crippen LogP contribution in [0, 0.1) is 0 Å². The van der Waals surface area contributed by atoms with Gasteiger partial charge in [-0.3, -0.25) is 0 Å². The average molecular weight is 360 g/mol. The molecular formula is C16H34NNaO4S. The first kappa shape index (κ1) is 26.1. The molecule has 1 unspecified atom stereocenters. The van der Waals surface area contributed by atoms with Crippen LogP contribution in [0.4, 0.5) is 0 Å². The predicted octanol–water partition coefficient (Wildman–Crippen LogP) is -0.203. The zero-order valence-electron chi connectivity index (χ0n) is 15.1. The zero-order valence-corrected chi connectivity index (χ0v) is 17.9. The molecule has 2 N–H and O–H groups in total. The van der Waals surface area contributed by atoms with Crippen molar-refractivity contribution < 1.29 is 47.6 Å². The molecule has 1 atom stereocenters. The van der Waals surface area contributed by atoms with Gasteiger partial charge in [0, 0.05) is 13.1 Å². The van der Waals surface area contributed by atoms with Crippen LogP contribution in [-0.4, -0.2) is 43.0 Å². The Morgan fingerprint density at radius 3 is 1.91 bits per heavy atom. The summed E-state index contributed by atoms with van der Waals surface area (Å²) < 4.78 is 31.2. The van der Waals surface area contributed by atoms with Crippen LogP contribution in [0.25, 0.3) is 0 Å². The molecule has 0 heterocycles. The molecule has 0 aliphatic rings. The SMILES string of the molecule is CCCCCCCCCCCCC(O)CNCCS(=O)(=O)[O-].[Na+]. The van der Waals surface area contributed by atoms with E-state index < -0.39 is 22.0 Å². The van der Waals surface area contributed by atoms with Gasteiger partial charge in [-0.05, 0) is 6.42 Å². The standard InChI is InChI=1S/C16H35NO4S.Na/c1-2-3-4-5-6-7-8-9-10-11-12-16(18)15-17-13-14-22(19,20)21;/h16-18H,2-15H2,1H3,(H,19,20,21);/q;+1/p-1. The normalized spacial score (nSPS) is 12.8. The van der Waals surface area contributed by atoms with Crippen LogP contribution in [-0.2, 0) is 10.1 Å². The summed E-state index contributed by atoms with van der Waals surface area (Å²) in [7, 11) is -4.15. The van der Waals surface area contributed by atoms with Gasteiger partial charge in [0.1, 0.15) is 0 Å². The first-order valence-electron chi connectivity index (χ1n) is 8.78. The Bertz CT molecular complexity index is 339. The van der Waals surface area contributed by atoms with Crippen molar-refractivity contribution in [2.24, 2.45) is 0 Å². The number of rotatable bonds is 16. The van der Waals surface area contributed by atoms with Crippen molar-refractivity contribution in [1.29, 1.82) is 0 Å². The van der Waals surface area contributed by atoms with Gasteiger partial charge in [0.15, 0.2) is 0 Å². The van der Waals surface area contributed by atoms with Gasteiger partial charge in [0.2, 0.25) is 0 Å². The van der Waals surface area contributed by atoms with E-state index in [4.69, 9.17) is 0 Å². The Balaban J connectivity index is 0. The summed E-state index contributed by atoms with van der Waals surface area (Å²) in [6.45, 7) is 2.70. The number of aliphatic hydroxyl groups is 1. The fraction of sp³-hybridized carbons (Fsp3) is 1.00. The Hall–Kier alpha value is 0.830. The van der Waals surface area contributed by atoms with Crippen LogP contribution in [0.1, 0.15) is 77.6 Å². The number of aliphatic hydroxyl groups excluding tert-OH is 1. The van der Waals surface area contributed by atoms with Crippen LogP contribution in [0.3, 0.4) is 0 Å². The minimum Gasteiger partial charge on any atom is -0.748 e. The van der Waals surface area contributed by atoms with Crippen molar-refractivity contribution >= 4 is 10.1 Å². The number of nitrogens with one attached hydrogen (secondary N) is 1. The molecule has 0 rings (SSSR count). The summed E-state index contributed by atoms with van der Waals surface area (Å²) in [5, 5.41) is 12.5. The average Bonchev–Trinajstić information content (AvgIpc) is 2.44. The van der Waals surface area contributed by atoms with E-state index in [-0.39, 0.29) is 36.1 Å². The quantitative estimate of drug-likeness (QED) is 0.226. The summed E-state index contributed by atoms with van der Waals surface area (Å²) in [5.41, 5.74) is 0. The van der Waals surface area contributed by atoms with E-state index >= 15 is 0 Å². The molecular weight excluding hydrogens is 325 g/mol. The minimum absolute atomic E-state index is 0. The van der Waals surface area contributed by atoms with Gasteiger partial charge in [-0.25, -0.2) is 8.42 Å². The van der Waals surface area contributed by atoms with E-state index in [1.54, 1.807) is 0 Å². The summed E-state index contributed by atoms with van der Waals surface area (Å²) in [4.78, 5) is 0. The topological polar surface area (TPSA) is 89.5 Å². The maximum absolute atomic E-state index is 10.4. The van der Waals surface area contributed by atoms with Gasteiger partial charge in [0.05, 0.1) is 22.0 Å². The zero-order chi connectivity index (χ0) is 16.7. The molecule has 7 heteroatoms. The molecule has 0 aromatic heterocycles. The van der Waals surface area contributed by atoms with Gasteiger partial charge in [-0.1, -0.05) is 71.1 Å². The molecule has 0 aromatic rings. The minimum atomic E-state index is -4.15. The van der Waals surface area contributed by atoms with Crippen LogP contribution in [0.5, 0.6) is 0 Å². The van der Waals surface area contributed by atoms with Gasteiger partial charge in [-0.15, -0.1) is 0 Å². The fourth-order valence-electron chi connectivity index (χ4n) is 2.44. The number of hydrogen-bond donors (Lipinski definition) is 2. The maximum atomic E-state index is 10.4. The predicted molar refractivity (Wildman–Crippen MR) is 89.9 cm³/mol. The van der Waals surface area contributed by atoms with E-state index in [9.17, 15) is 18.1 Å². The van der Waals surface area contributed by atoms with E-state index in [2.05, 4.69) is 12.2 Å². The van der Waals surface area contributed by atoms with Crippen LogP contribution in [0.15, 0.2) is 0 Å². The molecule has 0 fully saturated rings. The van der Waals surface area contributed by atoms with Crippen LogP contribution >= 0.6 is 0 Å². The summed E-state index contributed by atoms with van der Waals surface area (Å²) in [5.74, 6) is -0.419. The largest absolute Gasteiger partial charge is 1.00 e. The van der Waals surface area contributed by atoms with Gasteiger partial charge in [-0.2, -0.15) is 0 Å². The third kappa shape index (κ3) is 22.8. The number of unbranched alkanes of at least 4 members (excludes halogenated alkanes) is 9. The fourth-order valence-corrected chi connectivity index (χ4v) is 2.83. The Labute approximate surface area is 165 Å². The molecule has 0 bridgehead atoms. The molecule has 0 spiro atoms. The van der Waals surface area contributed by atoms with Gasteiger partial charge in [0.25, 0.3) is 0 Å². The number of hydrogen-bond acceptors (Lipinski definition) is 5. The first-order chi connectivity index (χ1) is 10.5. The molecule has 0 aliphatic heterocycles. The van der Waals surface area contributed by atoms with E-state index in [1.807, 2.05) is 0 Å². The maximum Gasteiger partial charge on any atom is 1.00 e. The second kappa shape index (κ2) is 17.6. The molecule has 134 valence electrons. The molecule has 0 amide bonds. The van der Waals surface area contributed by atoms with Crippen molar-refractivity contribution in [2.45, 2.75) is 83.7 Å². The smallest absolute Gasteiger partial charge is 0.748 e. The third-order valence-electron chi connectivity index (χ3n) is 3.80. The van der Waals surface area contributed by atoms with Crippen molar-refractivity contribution in [3.8, 4) is 0 Å². The monoisotopic (exact) mass is 359 g/mol. The second-order valence-electron chi connectivity index (χ2n) is 6.09. The molecule has 0 saturated heterocycles.